The van der Waals surface area contributed by atoms with E-state index in [-0.39, 0.29) is 6.04 Å². The molecule has 2 aromatic carbocycles. The van der Waals surface area contributed by atoms with Gasteiger partial charge in [-0.15, -0.1) is 0 Å². The van der Waals surface area contributed by atoms with Gasteiger partial charge in [-0.25, -0.2) is 8.78 Å². The van der Waals surface area contributed by atoms with Crippen molar-refractivity contribution in [3.63, 3.8) is 0 Å². The molecule has 0 radical (unpaired) electrons. The molecule has 1 unspecified atom stereocenters. The Morgan fingerprint density at radius 2 is 1.89 bits per heavy atom. The quantitative estimate of drug-likeness (QED) is 0.557. The highest BCUT2D eigenvalue weighted by molar-refractivity contribution is 5.90. The molecule has 0 fully saturated rings. The third kappa shape index (κ3) is 2.98. The molecular weight excluding hydrogens is 342 g/mol. The maximum Gasteiger partial charge on any atom is 0.159 e. The summed E-state index contributed by atoms with van der Waals surface area (Å²) in [6, 6.07) is 10.9. The lowest BCUT2D eigenvalue weighted by Gasteiger charge is -2.31. The molecule has 1 aliphatic rings. The molecule has 1 aromatic heterocycles. The number of allylic oxidation sites excluding steroid dienone is 1. The molecule has 2 heterocycles. The maximum absolute atomic E-state index is 13.7. The molecule has 0 saturated carbocycles. The number of aromatic nitrogens is 1. The van der Waals surface area contributed by atoms with E-state index >= 15 is 0 Å². The predicted octanol–water partition coefficient (Wildman–Crippen LogP) is 5.79. The van der Waals surface area contributed by atoms with Crippen molar-refractivity contribution in [2.24, 2.45) is 0 Å². The first-order chi connectivity index (χ1) is 12.9. The summed E-state index contributed by atoms with van der Waals surface area (Å²) in [7, 11) is 2.15. The summed E-state index contributed by atoms with van der Waals surface area (Å²) in [5, 5.41) is 1.29. The lowest BCUT2D eigenvalue weighted by Crippen LogP contribution is -2.31. The zero-order valence-electron chi connectivity index (χ0n) is 16.2. The smallest absolute Gasteiger partial charge is 0.159 e. The fourth-order valence-electron chi connectivity index (χ4n) is 4.07. The molecule has 0 N–H and O–H groups in total. The van der Waals surface area contributed by atoms with Crippen LogP contribution in [0.1, 0.15) is 42.3 Å². The highest BCUT2D eigenvalue weighted by Crippen LogP contribution is 2.37. The van der Waals surface area contributed by atoms with Gasteiger partial charge in [-0.05, 0) is 75.2 Å². The summed E-state index contributed by atoms with van der Waals surface area (Å²) >= 11 is 0. The largest absolute Gasteiger partial charge is 0.318 e. The monoisotopic (exact) mass is 366 g/mol. The van der Waals surface area contributed by atoms with Crippen molar-refractivity contribution in [1.29, 1.82) is 0 Å². The first-order valence-electron chi connectivity index (χ1n) is 9.34. The molecular formula is C23H24F2N2. The fraction of sp³-hybridized carbons (Fsp3) is 0.304. The van der Waals surface area contributed by atoms with Crippen LogP contribution in [-0.4, -0.2) is 23.1 Å². The van der Waals surface area contributed by atoms with Crippen LogP contribution in [0.2, 0.25) is 0 Å². The van der Waals surface area contributed by atoms with E-state index in [1.165, 1.54) is 34.3 Å². The normalized spacial score (nSPS) is 18.1. The zero-order chi connectivity index (χ0) is 19.3. The van der Waals surface area contributed by atoms with Gasteiger partial charge in [0.15, 0.2) is 11.6 Å². The molecule has 0 amide bonds. The zero-order valence-corrected chi connectivity index (χ0v) is 16.2. The van der Waals surface area contributed by atoms with Gasteiger partial charge >= 0.3 is 0 Å². The number of likely N-dealkylation sites (N-methyl/N-ethyl adjacent to an activating group) is 1. The number of rotatable bonds is 2. The second-order valence-corrected chi connectivity index (χ2v) is 7.60. The number of aryl methyl sites for hydroxylation is 1. The van der Waals surface area contributed by atoms with Gasteiger partial charge in [-0.3, -0.25) is 4.90 Å². The Morgan fingerprint density at radius 3 is 2.63 bits per heavy atom. The minimum Gasteiger partial charge on any atom is -0.318 e. The van der Waals surface area contributed by atoms with Crippen LogP contribution < -0.4 is 0 Å². The number of nitrogens with zero attached hydrogens (tertiary/aromatic N) is 2. The van der Waals surface area contributed by atoms with Crippen LogP contribution in [0.25, 0.3) is 22.7 Å². The van der Waals surface area contributed by atoms with Gasteiger partial charge in [0, 0.05) is 29.9 Å². The van der Waals surface area contributed by atoms with E-state index in [9.17, 15) is 8.78 Å². The van der Waals surface area contributed by atoms with E-state index < -0.39 is 11.6 Å². The van der Waals surface area contributed by atoms with Gasteiger partial charge in [0.25, 0.3) is 0 Å². The SMILES string of the molecule is CC(=Cn1c2c(c3cc(C)ccc31)CCN(C)C2C)c1ccc(F)c(F)c1. The lowest BCUT2D eigenvalue weighted by atomic mass is 9.98. The Bertz CT molecular complexity index is 1060. The Labute approximate surface area is 158 Å². The van der Waals surface area contributed by atoms with Gasteiger partial charge < -0.3 is 4.57 Å². The number of halogens is 2. The molecule has 4 rings (SSSR count). The van der Waals surface area contributed by atoms with Gasteiger partial charge in [0.2, 0.25) is 0 Å². The van der Waals surface area contributed by atoms with Crippen molar-refractivity contribution in [2.75, 3.05) is 13.6 Å². The van der Waals surface area contributed by atoms with Crippen LogP contribution in [-0.2, 0) is 6.42 Å². The number of fused-ring (bicyclic) bond motifs is 3. The summed E-state index contributed by atoms with van der Waals surface area (Å²) in [6.07, 6.45) is 3.07. The average Bonchev–Trinajstić information content (AvgIpc) is 2.94. The first-order valence-corrected chi connectivity index (χ1v) is 9.34. The molecule has 1 atom stereocenters. The molecule has 0 spiro atoms. The number of hydrogen-bond donors (Lipinski definition) is 0. The van der Waals surface area contributed by atoms with E-state index in [1.807, 2.05) is 6.92 Å². The lowest BCUT2D eigenvalue weighted by molar-refractivity contribution is 0.242. The summed E-state index contributed by atoms with van der Waals surface area (Å²) in [6.45, 7) is 7.31. The Kier molecular flexibility index (Phi) is 4.39. The summed E-state index contributed by atoms with van der Waals surface area (Å²) in [5.41, 5.74) is 6.67. The van der Waals surface area contributed by atoms with Gasteiger partial charge in [-0.2, -0.15) is 0 Å². The van der Waals surface area contributed by atoms with Crippen molar-refractivity contribution in [3.8, 4) is 0 Å². The molecule has 0 saturated heterocycles. The molecule has 1 aliphatic heterocycles. The van der Waals surface area contributed by atoms with Crippen LogP contribution in [0.3, 0.4) is 0 Å². The summed E-state index contributed by atoms with van der Waals surface area (Å²) in [4.78, 5) is 2.35. The van der Waals surface area contributed by atoms with Gasteiger partial charge in [0.1, 0.15) is 0 Å². The second-order valence-electron chi connectivity index (χ2n) is 7.60. The Morgan fingerprint density at radius 1 is 1.11 bits per heavy atom. The second kappa shape index (κ2) is 6.61. The number of hydrogen-bond acceptors (Lipinski definition) is 1. The van der Waals surface area contributed by atoms with Crippen LogP contribution in [0.5, 0.6) is 0 Å². The van der Waals surface area contributed by atoms with Crippen molar-refractivity contribution in [3.05, 3.63) is 70.4 Å². The van der Waals surface area contributed by atoms with Crippen molar-refractivity contribution in [2.45, 2.75) is 33.2 Å². The highest BCUT2D eigenvalue weighted by atomic mass is 19.2. The molecule has 2 nitrogen and oxygen atoms in total. The van der Waals surface area contributed by atoms with E-state index in [4.69, 9.17) is 0 Å². The molecule has 140 valence electrons. The molecule has 0 aliphatic carbocycles. The van der Waals surface area contributed by atoms with Crippen LogP contribution in [0.15, 0.2) is 36.4 Å². The van der Waals surface area contributed by atoms with Crippen molar-refractivity contribution in [1.82, 2.24) is 9.47 Å². The third-order valence-corrected chi connectivity index (χ3v) is 5.77. The average molecular weight is 366 g/mol. The minimum absolute atomic E-state index is 0.287. The number of benzene rings is 2. The third-order valence-electron chi connectivity index (χ3n) is 5.77. The van der Waals surface area contributed by atoms with Crippen molar-refractivity contribution < 1.29 is 8.78 Å². The fourth-order valence-corrected chi connectivity index (χ4v) is 4.07. The molecule has 0 bridgehead atoms. The minimum atomic E-state index is -0.818. The van der Waals surface area contributed by atoms with Crippen LogP contribution >= 0.6 is 0 Å². The van der Waals surface area contributed by atoms with E-state index in [1.54, 1.807) is 6.07 Å². The first kappa shape index (κ1) is 17.9. The Balaban J connectivity index is 1.94. The van der Waals surface area contributed by atoms with Crippen LogP contribution in [0.4, 0.5) is 8.78 Å². The molecule has 3 aromatic rings. The molecule has 27 heavy (non-hydrogen) atoms. The van der Waals surface area contributed by atoms with E-state index in [0.717, 1.165) is 24.1 Å². The topological polar surface area (TPSA) is 8.17 Å². The van der Waals surface area contributed by atoms with Crippen molar-refractivity contribution >= 4 is 22.7 Å². The maximum atomic E-state index is 13.7. The van der Waals surface area contributed by atoms with E-state index in [2.05, 4.69) is 54.8 Å². The summed E-state index contributed by atoms with van der Waals surface area (Å²) in [5.74, 6) is -1.63. The predicted molar refractivity (Wildman–Crippen MR) is 108 cm³/mol. The van der Waals surface area contributed by atoms with E-state index in [0.29, 0.717) is 5.56 Å². The Hall–Kier alpha value is -2.46. The van der Waals surface area contributed by atoms with Gasteiger partial charge in [-0.1, -0.05) is 17.7 Å². The highest BCUT2D eigenvalue weighted by Gasteiger charge is 2.27. The van der Waals surface area contributed by atoms with Gasteiger partial charge in [0.05, 0.1) is 5.52 Å². The van der Waals surface area contributed by atoms with Crippen LogP contribution in [0, 0.1) is 18.6 Å². The molecule has 4 heteroatoms. The summed E-state index contributed by atoms with van der Waals surface area (Å²) < 4.78 is 29.2. The standard InChI is InChI=1S/C23H24F2N2/c1-14-5-8-22-19(11-14)18-9-10-26(4)16(3)23(18)27(22)13-15(2)17-6-7-20(24)21(25)12-17/h5-8,11-13,16H,9-10H2,1-4H3.